The lowest BCUT2D eigenvalue weighted by molar-refractivity contribution is 0.0955. The zero-order chi connectivity index (χ0) is 15.2. The Morgan fingerprint density at radius 3 is 2.62 bits per heavy atom. The Kier molecular flexibility index (Phi) is 4.90. The van der Waals surface area contributed by atoms with Crippen LogP contribution >= 0.6 is 11.6 Å². The molecule has 0 fully saturated rings. The average molecular weight is 303 g/mol. The lowest BCUT2D eigenvalue weighted by Gasteiger charge is -2.11. The van der Waals surface area contributed by atoms with Crippen LogP contribution in [0.5, 0.6) is 0 Å². The van der Waals surface area contributed by atoms with Crippen molar-refractivity contribution >= 4 is 29.4 Å². The molecule has 108 valence electrons. The smallest absolute Gasteiger partial charge is 0.274 e. The second-order valence-corrected chi connectivity index (χ2v) is 4.88. The highest BCUT2D eigenvalue weighted by Crippen LogP contribution is 2.12. The lowest BCUT2D eigenvalue weighted by Crippen LogP contribution is -2.18. The number of halogens is 1. The van der Waals surface area contributed by atoms with E-state index in [0.29, 0.717) is 5.56 Å². The fraction of sp³-hybridized carbons (Fsp3) is 0.133. The van der Waals surface area contributed by atoms with Crippen molar-refractivity contribution < 1.29 is 4.79 Å². The van der Waals surface area contributed by atoms with Crippen LogP contribution in [-0.2, 0) is 0 Å². The molecule has 5 nitrogen and oxygen atoms in total. The molecule has 1 amide bonds. The van der Waals surface area contributed by atoms with Gasteiger partial charge in [-0.05, 0) is 29.8 Å². The van der Waals surface area contributed by atoms with Crippen molar-refractivity contribution in [2.24, 2.45) is 5.10 Å². The molecule has 0 radical (unpaired) electrons. The topological polar surface area (TPSA) is 57.6 Å². The van der Waals surface area contributed by atoms with Gasteiger partial charge in [-0.15, -0.1) is 0 Å². The number of anilines is 1. The molecule has 2 aromatic rings. The molecule has 0 atom stereocenters. The van der Waals surface area contributed by atoms with Gasteiger partial charge >= 0.3 is 0 Å². The third kappa shape index (κ3) is 4.03. The summed E-state index contributed by atoms with van der Waals surface area (Å²) < 4.78 is 0. The number of hydrogen-bond acceptors (Lipinski definition) is 4. The van der Waals surface area contributed by atoms with Crippen LogP contribution in [0.2, 0.25) is 5.15 Å². The van der Waals surface area contributed by atoms with Crippen molar-refractivity contribution in [3.8, 4) is 0 Å². The van der Waals surface area contributed by atoms with Crippen LogP contribution in [0.3, 0.4) is 0 Å². The summed E-state index contributed by atoms with van der Waals surface area (Å²) in [7, 11) is 3.95. The van der Waals surface area contributed by atoms with Crippen molar-refractivity contribution in [3.05, 3.63) is 58.9 Å². The molecule has 0 bridgehead atoms. The third-order valence-electron chi connectivity index (χ3n) is 2.79. The van der Waals surface area contributed by atoms with E-state index in [1.54, 1.807) is 18.3 Å². The first-order chi connectivity index (χ1) is 10.1. The highest BCUT2D eigenvalue weighted by atomic mass is 35.5. The number of nitrogens with zero attached hydrogens (tertiary/aromatic N) is 3. The number of carbonyl (C=O) groups excluding carboxylic acids is 1. The molecular formula is C15H15ClN4O. The van der Waals surface area contributed by atoms with Crippen molar-refractivity contribution in [3.63, 3.8) is 0 Å². The molecule has 1 N–H and O–H groups in total. The number of aromatic nitrogens is 1. The molecule has 1 heterocycles. The third-order valence-corrected chi connectivity index (χ3v) is 3.09. The van der Waals surface area contributed by atoms with Gasteiger partial charge in [0.1, 0.15) is 5.15 Å². The Balaban J connectivity index is 1.99. The van der Waals surface area contributed by atoms with E-state index < -0.39 is 5.91 Å². The number of rotatable bonds is 4. The summed E-state index contributed by atoms with van der Waals surface area (Å²) >= 11 is 5.83. The van der Waals surface area contributed by atoms with Crippen molar-refractivity contribution in [1.82, 2.24) is 10.4 Å². The number of nitrogens with one attached hydrogen (secondary N) is 1. The first-order valence-electron chi connectivity index (χ1n) is 6.29. The Morgan fingerprint density at radius 2 is 2.00 bits per heavy atom. The zero-order valence-corrected chi connectivity index (χ0v) is 12.5. The second-order valence-electron chi connectivity index (χ2n) is 4.53. The highest BCUT2D eigenvalue weighted by molar-refractivity contribution is 6.32. The van der Waals surface area contributed by atoms with Crippen LogP contribution in [0, 0.1) is 0 Å². The van der Waals surface area contributed by atoms with Gasteiger partial charge in [-0.2, -0.15) is 5.10 Å². The summed E-state index contributed by atoms with van der Waals surface area (Å²) in [5, 5.41) is 4.06. The average Bonchev–Trinajstić information content (AvgIpc) is 2.48. The van der Waals surface area contributed by atoms with Gasteiger partial charge in [-0.25, -0.2) is 10.4 Å². The zero-order valence-electron chi connectivity index (χ0n) is 11.7. The van der Waals surface area contributed by atoms with Gasteiger partial charge in [0, 0.05) is 26.0 Å². The molecule has 0 spiro atoms. The van der Waals surface area contributed by atoms with Crippen molar-refractivity contribution in [2.45, 2.75) is 0 Å². The molecule has 2 rings (SSSR count). The van der Waals surface area contributed by atoms with Crippen LogP contribution in [0.15, 0.2) is 47.7 Å². The lowest BCUT2D eigenvalue weighted by atomic mass is 10.2. The molecule has 0 aliphatic heterocycles. The minimum Gasteiger partial charge on any atom is -0.378 e. The minimum atomic E-state index is -0.394. The van der Waals surface area contributed by atoms with Crippen LogP contribution in [0.1, 0.15) is 15.9 Å². The largest absolute Gasteiger partial charge is 0.378 e. The first-order valence-corrected chi connectivity index (χ1v) is 6.67. The van der Waals surface area contributed by atoms with Gasteiger partial charge in [0.2, 0.25) is 0 Å². The monoisotopic (exact) mass is 302 g/mol. The van der Waals surface area contributed by atoms with Crippen LogP contribution in [-0.4, -0.2) is 31.2 Å². The summed E-state index contributed by atoms with van der Waals surface area (Å²) in [6.45, 7) is 0. The Bertz CT molecular complexity index is 653. The number of carbonyl (C=O) groups is 1. The van der Waals surface area contributed by atoms with Crippen molar-refractivity contribution in [2.75, 3.05) is 19.0 Å². The van der Waals surface area contributed by atoms with E-state index >= 15 is 0 Å². The fourth-order valence-corrected chi connectivity index (χ4v) is 1.84. The van der Waals surface area contributed by atoms with Gasteiger partial charge in [0.05, 0.1) is 11.8 Å². The Labute approximate surface area is 128 Å². The van der Waals surface area contributed by atoms with E-state index in [2.05, 4.69) is 15.5 Å². The van der Waals surface area contributed by atoms with Gasteiger partial charge < -0.3 is 4.90 Å². The summed E-state index contributed by atoms with van der Waals surface area (Å²) in [6, 6.07) is 11.0. The molecule has 0 aliphatic carbocycles. The summed E-state index contributed by atoms with van der Waals surface area (Å²) in [5.41, 5.74) is 4.70. The molecule has 0 saturated heterocycles. The standard InChI is InChI=1S/C15H15ClN4O/c1-20(2)12-7-5-11(6-8-12)10-18-19-15(21)13-4-3-9-17-14(13)16/h3-10H,1-2H3,(H,19,21). The molecular weight excluding hydrogens is 288 g/mol. The van der Waals surface area contributed by atoms with Crippen molar-refractivity contribution in [1.29, 1.82) is 0 Å². The number of hydrazone groups is 1. The summed E-state index contributed by atoms with van der Waals surface area (Å²) in [4.78, 5) is 17.7. The maximum absolute atomic E-state index is 11.8. The van der Waals surface area contributed by atoms with E-state index in [9.17, 15) is 4.79 Å². The van der Waals surface area contributed by atoms with E-state index in [4.69, 9.17) is 11.6 Å². The SMILES string of the molecule is CN(C)c1ccc(C=NNC(=O)c2cccnc2Cl)cc1. The summed E-state index contributed by atoms with van der Waals surface area (Å²) in [5.74, 6) is -0.394. The number of hydrogen-bond donors (Lipinski definition) is 1. The highest BCUT2D eigenvalue weighted by Gasteiger charge is 2.08. The number of benzene rings is 1. The number of pyridine rings is 1. The second kappa shape index (κ2) is 6.85. The number of amides is 1. The molecule has 0 unspecified atom stereocenters. The van der Waals surface area contributed by atoms with Gasteiger partial charge in [0.25, 0.3) is 5.91 Å². The predicted molar refractivity (Wildman–Crippen MR) is 85.1 cm³/mol. The quantitative estimate of drug-likeness (QED) is 0.536. The van der Waals surface area contributed by atoms with Gasteiger partial charge in [0.15, 0.2) is 0 Å². The molecule has 1 aromatic heterocycles. The van der Waals surface area contributed by atoms with E-state index in [1.807, 2.05) is 43.3 Å². The maximum atomic E-state index is 11.8. The molecule has 1 aromatic carbocycles. The van der Waals surface area contributed by atoms with Crippen LogP contribution in [0.25, 0.3) is 0 Å². The molecule has 0 saturated carbocycles. The first kappa shape index (κ1) is 15.0. The molecule has 21 heavy (non-hydrogen) atoms. The Hall–Kier alpha value is -2.40. The maximum Gasteiger partial charge on any atom is 0.274 e. The van der Waals surface area contributed by atoms with Crippen LogP contribution in [0.4, 0.5) is 5.69 Å². The predicted octanol–water partition coefficient (Wildman–Crippen LogP) is 2.56. The van der Waals surface area contributed by atoms with Crippen LogP contribution < -0.4 is 10.3 Å². The van der Waals surface area contributed by atoms with Gasteiger partial charge in [-0.3, -0.25) is 4.79 Å². The van der Waals surface area contributed by atoms with E-state index in [1.165, 1.54) is 6.20 Å². The summed E-state index contributed by atoms with van der Waals surface area (Å²) in [6.07, 6.45) is 3.09. The Morgan fingerprint density at radius 1 is 1.29 bits per heavy atom. The molecule has 6 heteroatoms. The molecule has 0 aliphatic rings. The normalized spacial score (nSPS) is 10.6. The van der Waals surface area contributed by atoms with Gasteiger partial charge in [-0.1, -0.05) is 23.7 Å². The minimum absolute atomic E-state index is 0.153. The fourth-order valence-electron chi connectivity index (χ4n) is 1.64. The van der Waals surface area contributed by atoms with E-state index in [0.717, 1.165) is 11.3 Å². The van der Waals surface area contributed by atoms with E-state index in [-0.39, 0.29) is 5.15 Å².